The number of aliphatic hydroxyl groups is 1. The third-order valence-corrected chi connectivity index (χ3v) is 3.58. The van der Waals surface area contributed by atoms with Crippen molar-refractivity contribution >= 4 is 28.4 Å². The maximum atomic E-state index is 11.6. The van der Waals surface area contributed by atoms with E-state index in [2.05, 4.69) is 22.6 Å². The highest BCUT2D eigenvalue weighted by Crippen LogP contribution is 2.37. The van der Waals surface area contributed by atoms with Gasteiger partial charge < -0.3 is 5.11 Å². The third kappa shape index (κ3) is 2.06. The predicted octanol–water partition coefficient (Wildman–Crippen LogP) is 3.01. The van der Waals surface area contributed by atoms with Crippen molar-refractivity contribution in [2.75, 3.05) is 0 Å². The molecule has 0 fully saturated rings. The van der Waals surface area contributed by atoms with Gasteiger partial charge in [-0.25, -0.2) is 0 Å². The minimum atomic E-state index is -0.403. The molecular weight excluding hydrogens is 279 g/mol. The molecule has 1 atom stereocenters. The van der Waals surface area contributed by atoms with Crippen molar-refractivity contribution in [3.63, 3.8) is 0 Å². The molecule has 1 unspecified atom stereocenters. The Labute approximate surface area is 92.5 Å². The van der Waals surface area contributed by atoms with E-state index >= 15 is 0 Å². The molecule has 0 spiro atoms. The quantitative estimate of drug-likeness (QED) is 0.596. The second-order valence-electron chi connectivity index (χ2n) is 4.06. The van der Waals surface area contributed by atoms with Crippen molar-refractivity contribution in [2.45, 2.75) is 37.0 Å². The Bertz CT molecular complexity index is 264. The zero-order valence-electron chi connectivity index (χ0n) is 8.22. The molecule has 0 bridgehead atoms. The molecule has 1 N–H and O–H groups in total. The molecule has 74 valence electrons. The number of Topliss-reactive ketones (excluding diaryl/α,β-unsaturated/α-hetero) is 1. The first-order valence-electron chi connectivity index (χ1n) is 4.52. The standard InChI is InChI=1S/C10H15IO2/c1-6(2)7-4-5-10(3,11)9(13)8(7)12/h6,12H,4-5H2,1-3H3. The maximum absolute atomic E-state index is 11.6. The first-order valence-corrected chi connectivity index (χ1v) is 5.60. The second-order valence-corrected chi connectivity index (χ2v) is 6.44. The van der Waals surface area contributed by atoms with E-state index in [1.807, 2.05) is 20.8 Å². The summed E-state index contributed by atoms with van der Waals surface area (Å²) in [5.74, 6) is 0.178. The monoisotopic (exact) mass is 294 g/mol. The Kier molecular flexibility index (Phi) is 3.05. The van der Waals surface area contributed by atoms with Gasteiger partial charge in [-0.1, -0.05) is 36.4 Å². The van der Waals surface area contributed by atoms with E-state index in [0.717, 1.165) is 18.4 Å². The molecule has 0 amide bonds. The van der Waals surface area contributed by atoms with Crippen LogP contribution in [0, 0.1) is 5.92 Å². The number of ketones is 1. The summed E-state index contributed by atoms with van der Waals surface area (Å²) in [4.78, 5) is 11.6. The lowest BCUT2D eigenvalue weighted by Crippen LogP contribution is -2.34. The summed E-state index contributed by atoms with van der Waals surface area (Å²) in [7, 11) is 0. The van der Waals surface area contributed by atoms with E-state index in [1.54, 1.807) is 0 Å². The van der Waals surface area contributed by atoms with Gasteiger partial charge in [0.15, 0.2) is 5.76 Å². The fourth-order valence-electron chi connectivity index (χ4n) is 1.56. The number of carbonyl (C=O) groups excluding carboxylic acids is 1. The average molecular weight is 294 g/mol. The van der Waals surface area contributed by atoms with Gasteiger partial charge in [0.25, 0.3) is 0 Å². The number of halogens is 1. The van der Waals surface area contributed by atoms with Crippen LogP contribution < -0.4 is 0 Å². The van der Waals surface area contributed by atoms with Crippen LogP contribution in [-0.2, 0) is 4.79 Å². The lowest BCUT2D eigenvalue weighted by molar-refractivity contribution is -0.120. The van der Waals surface area contributed by atoms with Gasteiger partial charge in [-0.2, -0.15) is 0 Å². The van der Waals surface area contributed by atoms with Crippen LogP contribution >= 0.6 is 22.6 Å². The van der Waals surface area contributed by atoms with Crippen LogP contribution in [0.5, 0.6) is 0 Å². The first-order chi connectivity index (χ1) is 5.86. The number of hydrogen-bond acceptors (Lipinski definition) is 2. The second kappa shape index (κ2) is 3.59. The lowest BCUT2D eigenvalue weighted by atomic mass is 9.84. The molecule has 0 aliphatic heterocycles. The van der Waals surface area contributed by atoms with Crippen molar-refractivity contribution in [3.05, 3.63) is 11.3 Å². The van der Waals surface area contributed by atoms with Crippen molar-refractivity contribution in [3.8, 4) is 0 Å². The van der Waals surface area contributed by atoms with Crippen LogP contribution in [0.1, 0.15) is 33.6 Å². The summed E-state index contributed by atoms with van der Waals surface area (Å²) in [6.07, 6.45) is 1.68. The molecule has 0 radical (unpaired) electrons. The number of rotatable bonds is 1. The predicted molar refractivity (Wildman–Crippen MR) is 61.2 cm³/mol. The van der Waals surface area contributed by atoms with Crippen molar-refractivity contribution in [2.24, 2.45) is 5.92 Å². The fraction of sp³-hybridized carbons (Fsp3) is 0.700. The van der Waals surface area contributed by atoms with Gasteiger partial charge >= 0.3 is 0 Å². The average Bonchev–Trinajstić information content (AvgIpc) is 2.00. The minimum absolute atomic E-state index is 0.0122. The molecule has 1 aliphatic carbocycles. The highest BCUT2D eigenvalue weighted by Gasteiger charge is 2.38. The molecule has 0 saturated carbocycles. The van der Waals surface area contributed by atoms with E-state index in [1.165, 1.54) is 0 Å². The van der Waals surface area contributed by atoms with E-state index in [9.17, 15) is 9.90 Å². The van der Waals surface area contributed by atoms with Crippen molar-refractivity contribution in [1.82, 2.24) is 0 Å². The SMILES string of the molecule is CC(C)C1=C(O)C(=O)C(C)(I)CC1. The van der Waals surface area contributed by atoms with Gasteiger partial charge in [0.2, 0.25) is 5.78 Å². The largest absolute Gasteiger partial charge is 0.504 e. The Morgan fingerprint density at radius 2 is 2.08 bits per heavy atom. The summed E-state index contributed by atoms with van der Waals surface area (Å²) in [6.45, 7) is 5.90. The molecule has 0 saturated heterocycles. The van der Waals surface area contributed by atoms with E-state index < -0.39 is 3.42 Å². The number of carbonyl (C=O) groups is 1. The van der Waals surface area contributed by atoms with Crippen LogP contribution in [0.15, 0.2) is 11.3 Å². The molecule has 1 aliphatic rings. The maximum Gasteiger partial charge on any atom is 0.212 e. The molecule has 1 rings (SSSR count). The Balaban J connectivity index is 3.03. The fourth-order valence-corrected chi connectivity index (χ4v) is 2.08. The van der Waals surface area contributed by atoms with Crippen LogP contribution in [0.4, 0.5) is 0 Å². The first kappa shape index (κ1) is 11.0. The summed E-state index contributed by atoms with van der Waals surface area (Å²) in [5, 5.41) is 9.67. The third-order valence-electron chi connectivity index (χ3n) is 2.55. The smallest absolute Gasteiger partial charge is 0.212 e. The Hall–Kier alpha value is -0.0600. The molecular formula is C10H15IO2. The molecule has 2 nitrogen and oxygen atoms in total. The normalized spacial score (nSPS) is 30.1. The zero-order chi connectivity index (χ0) is 10.2. The number of hydrogen-bond donors (Lipinski definition) is 1. The van der Waals surface area contributed by atoms with Gasteiger partial charge in [0.05, 0.1) is 3.42 Å². The molecule has 13 heavy (non-hydrogen) atoms. The highest BCUT2D eigenvalue weighted by molar-refractivity contribution is 14.1. The van der Waals surface area contributed by atoms with Gasteiger partial charge in [-0.05, 0) is 31.3 Å². The van der Waals surface area contributed by atoms with Crippen molar-refractivity contribution in [1.29, 1.82) is 0 Å². The van der Waals surface area contributed by atoms with Crippen LogP contribution in [-0.4, -0.2) is 14.3 Å². The molecule has 3 heteroatoms. The summed E-state index contributed by atoms with van der Waals surface area (Å²) < 4.78 is -0.403. The van der Waals surface area contributed by atoms with Crippen molar-refractivity contribution < 1.29 is 9.90 Å². The number of aliphatic hydroxyl groups excluding tert-OH is 1. The number of alkyl halides is 1. The van der Waals surface area contributed by atoms with Crippen LogP contribution in [0.25, 0.3) is 0 Å². The summed E-state index contributed by atoms with van der Waals surface area (Å²) >= 11 is 2.12. The van der Waals surface area contributed by atoms with Gasteiger partial charge in [-0.3, -0.25) is 4.79 Å². The molecule has 0 aromatic rings. The molecule has 0 heterocycles. The molecule has 0 aromatic carbocycles. The highest BCUT2D eigenvalue weighted by atomic mass is 127. The Morgan fingerprint density at radius 3 is 2.54 bits per heavy atom. The lowest BCUT2D eigenvalue weighted by Gasteiger charge is -2.28. The number of allylic oxidation sites excluding steroid dienone is 2. The topological polar surface area (TPSA) is 37.3 Å². The van der Waals surface area contributed by atoms with Gasteiger partial charge in [-0.15, -0.1) is 0 Å². The van der Waals surface area contributed by atoms with Crippen LogP contribution in [0.2, 0.25) is 0 Å². The summed E-state index contributed by atoms with van der Waals surface area (Å²) in [6, 6.07) is 0. The Morgan fingerprint density at radius 1 is 1.54 bits per heavy atom. The van der Waals surface area contributed by atoms with Gasteiger partial charge in [0, 0.05) is 0 Å². The summed E-state index contributed by atoms with van der Waals surface area (Å²) in [5.41, 5.74) is 0.916. The van der Waals surface area contributed by atoms with E-state index in [-0.39, 0.29) is 17.5 Å². The van der Waals surface area contributed by atoms with Gasteiger partial charge in [0.1, 0.15) is 0 Å². The van der Waals surface area contributed by atoms with Crippen LogP contribution in [0.3, 0.4) is 0 Å². The minimum Gasteiger partial charge on any atom is -0.504 e. The van der Waals surface area contributed by atoms with E-state index in [0.29, 0.717) is 0 Å². The molecule has 0 aromatic heterocycles. The zero-order valence-corrected chi connectivity index (χ0v) is 10.4. The van der Waals surface area contributed by atoms with E-state index in [4.69, 9.17) is 0 Å².